The molecule has 4 heteroatoms. The molecular weight excluding hydrogens is 484 g/mol. The van der Waals surface area contributed by atoms with Gasteiger partial charge in [0.2, 0.25) is 0 Å². The molecule has 0 saturated heterocycles. The van der Waals surface area contributed by atoms with Crippen LogP contribution in [0.5, 0.6) is 0 Å². The summed E-state index contributed by atoms with van der Waals surface area (Å²) in [5.74, 6) is 0.0279. The molecule has 3 atom stereocenters. The monoisotopic (exact) mass is 508 g/mol. The summed E-state index contributed by atoms with van der Waals surface area (Å²) in [6, 6.07) is 31.7. The summed E-state index contributed by atoms with van der Waals surface area (Å²) in [6.45, 7) is 0. The van der Waals surface area contributed by atoms with Crippen LogP contribution in [-0.4, -0.2) is 18.5 Å². The Balaban J connectivity index is 1.98. The Morgan fingerprint density at radius 2 is 0.964 bits per heavy atom. The van der Waals surface area contributed by atoms with Crippen molar-refractivity contribution in [2.75, 3.05) is 6.16 Å². The standard InChI is InChI=1S/C24H24F2IP/c25-23-16-19(17-24(23)26)18-28(27,20-10-4-1-5-11-20,21-12-6-2-7-13-21)22-14-8-3-9-15-22/h1-15,19,23-24H,16-18H2/t19-,23+,24-. The van der Waals surface area contributed by atoms with Gasteiger partial charge in [0.1, 0.15) is 0 Å². The van der Waals surface area contributed by atoms with Crippen LogP contribution in [0.15, 0.2) is 91.0 Å². The fraction of sp³-hybridized carbons (Fsp3) is 0.250. The predicted octanol–water partition coefficient (Wildman–Crippen LogP) is 5.95. The fourth-order valence-corrected chi connectivity index (χ4v) is 14.4. The number of alkyl halides is 2. The molecule has 1 aliphatic carbocycles. The number of hydrogen-bond donors (Lipinski definition) is 0. The first-order valence-electron chi connectivity index (χ1n) is 9.70. The van der Waals surface area contributed by atoms with Crippen molar-refractivity contribution in [2.24, 2.45) is 5.92 Å². The van der Waals surface area contributed by atoms with Crippen LogP contribution in [0.2, 0.25) is 0 Å². The van der Waals surface area contributed by atoms with E-state index in [2.05, 4.69) is 94.8 Å². The van der Waals surface area contributed by atoms with Gasteiger partial charge >= 0.3 is 179 Å². The van der Waals surface area contributed by atoms with Gasteiger partial charge in [0.25, 0.3) is 0 Å². The molecule has 0 spiro atoms. The van der Waals surface area contributed by atoms with Crippen molar-refractivity contribution in [1.82, 2.24) is 0 Å². The Morgan fingerprint density at radius 1 is 0.643 bits per heavy atom. The van der Waals surface area contributed by atoms with Gasteiger partial charge in [-0.15, -0.1) is 0 Å². The van der Waals surface area contributed by atoms with Crippen LogP contribution in [0, 0.1) is 5.92 Å². The second kappa shape index (κ2) is 7.84. The Kier molecular flexibility index (Phi) is 5.59. The maximum absolute atomic E-state index is 14.1. The molecule has 0 unspecified atom stereocenters. The van der Waals surface area contributed by atoms with Crippen LogP contribution in [0.25, 0.3) is 0 Å². The topological polar surface area (TPSA) is 0 Å². The molecule has 1 aliphatic rings. The van der Waals surface area contributed by atoms with Crippen LogP contribution < -0.4 is 15.9 Å². The van der Waals surface area contributed by atoms with Gasteiger partial charge in [-0.05, 0) is 0 Å². The summed E-state index contributed by atoms with van der Waals surface area (Å²) in [4.78, 5) is 0. The molecule has 0 radical (unpaired) electrons. The third-order valence-electron chi connectivity index (χ3n) is 5.99. The van der Waals surface area contributed by atoms with E-state index in [0.29, 0.717) is 12.8 Å². The van der Waals surface area contributed by atoms with E-state index in [-0.39, 0.29) is 5.92 Å². The minimum absolute atomic E-state index is 0.0279. The van der Waals surface area contributed by atoms with E-state index in [1.807, 2.05) is 18.2 Å². The normalized spacial score (nSPS) is 23.8. The van der Waals surface area contributed by atoms with Gasteiger partial charge in [0, 0.05) is 0 Å². The zero-order valence-corrected chi connectivity index (χ0v) is 18.6. The van der Waals surface area contributed by atoms with Crippen molar-refractivity contribution in [3.05, 3.63) is 91.0 Å². The molecular formula is C24H24F2IP. The molecule has 3 aromatic carbocycles. The zero-order chi connectivity index (χ0) is 19.6. The second-order valence-electron chi connectivity index (χ2n) is 7.74. The van der Waals surface area contributed by atoms with E-state index in [4.69, 9.17) is 0 Å². The van der Waals surface area contributed by atoms with Crippen molar-refractivity contribution in [1.29, 1.82) is 0 Å². The van der Waals surface area contributed by atoms with E-state index < -0.39 is 16.6 Å². The van der Waals surface area contributed by atoms with Gasteiger partial charge in [0.15, 0.2) is 0 Å². The van der Waals surface area contributed by atoms with Crippen molar-refractivity contribution in [2.45, 2.75) is 25.2 Å². The van der Waals surface area contributed by atoms with E-state index >= 15 is 0 Å². The van der Waals surface area contributed by atoms with Gasteiger partial charge in [-0.3, -0.25) is 0 Å². The number of rotatable bonds is 5. The van der Waals surface area contributed by atoms with Crippen molar-refractivity contribution < 1.29 is 8.78 Å². The average Bonchev–Trinajstić information content (AvgIpc) is 3.06. The van der Waals surface area contributed by atoms with Gasteiger partial charge in [-0.1, -0.05) is 0 Å². The first-order chi connectivity index (χ1) is 13.5. The molecule has 0 N–H and O–H groups in total. The third-order valence-corrected chi connectivity index (χ3v) is 17.5. The van der Waals surface area contributed by atoms with Crippen LogP contribution >= 0.6 is 26.3 Å². The molecule has 0 nitrogen and oxygen atoms in total. The molecule has 0 aromatic heterocycles. The Morgan fingerprint density at radius 3 is 1.29 bits per heavy atom. The van der Waals surface area contributed by atoms with E-state index in [9.17, 15) is 8.78 Å². The van der Waals surface area contributed by atoms with Gasteiger partial charge < -0.3 is 0 Å². The molecule has 3 aromatic rings. The van der Waals surface area contributed by atoms with E-state index in [0.717, 1.165) is 6.16 Å². The summed E-state index contributed by atoms with van der Waals surface area (Å²) in [5, 5.41) is 3.80. The molecule has 146 valence electrons. The molecule has 0 amide bonds. The van der Waals surface area contributed by atoms with Crippen molar-refractivity contribution >= 4 is 42.2 Å². The van der Waals surface area contributed by atoms with Crippen LogP contribution in [-0.2, 0) is 0 Å². The van der Waals surface area contributed by atoms with Gasteiger partial charge in [0.05, 0.1) is 0 Å². The van der Waals surface area contributed by atoms with Crippen molar-refractivity contribution in [3.8, 4) is 0 Å². The van der Waals surface area contributed by atoms with E-state index in [1.165, 1.54) is 15.9 Å². The number of halogens is 3. The SMILES string of the molecule is F[C@@H]1C[C@H](CP(I)(c2ccccc2)(c2ccccc2)c2ccccc2)C[C@@H]1F. The molecule has 1 saturated carbocycles. The predicted molar refractivity (Wildman–Crippen MR) is 127 cm³/mol. The first-order valence-corrected chi connectivity index (χ1v) is 14.9. The Hall–Kier alpha value is -1.32. The third kappa shape index (κ3) is 3.31. The molecule has 4 rings (SSSR count). The zero-order valence-electron chi connectivity index (χ0n) is 15.6. The summed E-state index contributed by atoms with van der Waals surface area (Å²) in [7, 11) is 0. The molecule has 0 bridgehead atoms. The number of hydrogen-bond acceptors (Lipinski definition) is 0. The summed E-state index contributed by atoms with van der Waals surface area (Å²) in [5.41, 5.74) is 0. The van der Waals surface area contributed by atoms with Crippen molar-refractivity contribution in [3.63, 3.8) is 0 Å². The number of benzene rings is 3. The molecule has 28 heavy (non-hydrogen) atoms. The molecule has 0 aliphatic heterocycles. The maximum atomic E-state index is 14.1. The average molecular weight is 508 g/mol. The summed E-state index contributed by atoms with van der Waals surface area (Å²) >= 11 is 2.70. The fourth-order valence-electron chi connectivity index (χ4n) is 4.64. The van der Waals surface area contributed by atoms with Gasteiger partial charge in [-0.25, -0.2) is 0 Å². The van der Waals surface area contributed by atoms with E-state index in [1.54, 1.807) is 0 Å². The van der Waals surface area contributed by atoms with Crippen LogP contribution in [0.1, 0.15) is 12.8 Å². The second-order valence-corrected chi connectivity index (χ2v) is 18.4. The Bertz CT molecular complexity index is 808. The summed E-state index contributed by atoms with van der Waals surface area (Å²) in [6.07, 6.45) is -1.26. The van der Waals surface area contributed by atoms with Crippen LogP contribution in [0.4, 0.5) is 8.78 Å². The Labute approximate surface area is 178 Å². The van der Waals surface area contributed by atoms with Gasteiger partial charge in [-0.2, -0.15) is 0 Å². The molecule has 1 fully saturated rings. The first kappa shape index (κ1) is 20.0. The minimum atomic E-state index is -2.93. The molecule has 0 heterocycles. The quantitative estimate of drug-likeness (QED) is 0.295. The summed E-state index contributed by atoms with van der Waals surface area (Å²) < 4.78 is 25.3. The van der Waals surface area contributed by atoms with Crippen LogP contribution in [0.3, 0.4) is 0 Å².